The lowest BCUT2D eigenvalue weighted by atomic mass is 10.1. The summed E-state index contributed by atoms with van der Waals surface area (Å²) < 4.78 is 27.5. The van der Waals surface area contributed by atoms with Crippen LogP contribution in [0.2, 0.25) is 0 Å². The van der Waals surface area contributed by atoms with E-state index in [2.05, 4.69) is 5.32 Å². The molecule has 0 saturated carbocycles. The highest BCUT2D eigenvalue weighted by Crippen LogP contribution is 2.25. The molecule has 0 aliphatic rings. The second kappa shape index (κ2) is 8.36. The molecule has 0 unspecified atom stereocenters. The average Bonchev–Trinajstić information content (AvgIpc) is 2.57. The lowest BCUT2D eigenvalue weighted by Crippen LogP contribution is -2.41. The Morgan fingerprint density at radius 1 is 1.04 bits per heavy atom. The van der Waals surface area contributed by atoms with Gasteiger partial charge in [0.25, 0.3) is 10.0 Å². The maximum Gasteiger partial charge on any atom is 0.264 e. The van der Waals surface area contributed by atoms with Gasteiger partial charge in [-0.1, -0.05) is 38.1 Å². The van der Waals surface area contributed by atoms with Crippen molar-refractivity contribution in [1.29, 1.82) is 0 Å². The molecule has 0 aliphatic heterocycles. The van der Waals surface area contributed by atoms with E-state index < -0.39 is 10.0 Å². The van der Waals surface area contributed by atoms with E-state index in [1.807, 2.05) is 33.8 Å². The lowest BCUT2D eigenvalue weighted by molar-refractivity contribution is -0.119. The molecule has 0 spiro atoms. The molecule has 0 atom stereocenters. The van der Waals surface area contributed by atoms with Gasteiger partial charge in [0.2, 0.25) is 5.91 Å². The number of aryl methyl sites for hydroxylation is 2. The number of amides is 1. The zero-order chi connectivity index (χ0) is 19.3. The molecule has 6 heteroatoms. The first kappa shape index (κ1) is 20.0. The van der Waals surface area contributed by atoms with Crippen molar-refractivity contribution in [3.05, 3.63) is 59.7 Å². The zero-order valence-electron chi connectivity index (χ0n) is 15.7. The first-order valence-corrected chi connectivity index (χ1v) is 10.1. The fraction of sp³-hybridized carbons (Fsp3) is 0.350. The number of carbonyl (C=O) groups is 1. The zero-order valence-corrected chi connectivity index (χ0v) is 16.5. The van der Waals surface area contributed by atoms with E-state index in [-0.39, 0.29) is 17.3 Å². The quantitative estimate of drug-likeness (QED) is 0.809. The highest BCUT2D eigenvalue weighted by molar-refractivity contribution is 7.92. The number of sulfonamides is 1. The smallest absolute Gasteiger partial charge is 0.264 e. The molecule has 0 radical (unpaired) electrons. The van der Waals surface area contributed by atoms with Crippen molar-refractivity contribution in [1.82, 2.24) is 5.32 Å². The number of hydrogen-bond donors (Lipinski definition) is 1. The topological polar surface area (TPSA) is 66.5 Å². The van der Waals surface area contributed by atoms with Gasteiger partial charge in [-0.05, 0) is 55.2 Å². The van der Waals surface area contributed by atoms with Gasteiger partial charge in [-0.2, -0.15) is 0 Å². The number of anilines is 1. The van der Waals surface area contributed by atoms with Crippen molar-refractivity contribution in [3.8, 4) is 0 Å². The summed E-state index contributed by atoms with van der Waals surface area (Å²) in [5.74, 6) is -0.0308. The number of benzene rings is 2. The summed E-state index contributed by atoms with van der Waals surface area (Å²) in [5.41, 5.74) is 2.37. The lowest BCUT2D eigenvalue weighted by Gasteiger charge is -2.25. The second-order valence-electron chi connectivity index (χ2n) is 6.87. The van der Waals surface area contributed by atoms with Crippen molar-refractivity contribution in [2.75, 3.05) is 17.4 Å². The Bertz CT molecular complexity index is 842. The van der Waals surface area contributed by atoms with E-state index in [4.69, 9.17) is 0 Å². The van der Waals surface area contributed by atoms with Gasteiger partial charge in [0.05, 0.1) is 10.6 Å². The standard InChI is InChI=1S/C20H26N2O3S/c1-15(2)13-21-20(23)14-22(18-11-16(3)10-17(4)12-18)26(24,25)19-8-6-5-7-9-19/h5-12,15H,13-14H2,1-4H3,(H,21,23). The SMILES string of the molecule is Cc1cc(C)cc(N(CC(=O)NCC(C)C)S(=O)(=O)c2ccccc2)c1. The van der Waals surface area contributed by atoms with E-state index in [0.29, 0.717) is 18.2 Å². The number of nitrogens with zero attached hydrogens (tertiary/aromatic N) is 1. The van der Waals surface area contributed by atoms with Crippen molar-refractivity contribution >= 4 is 21.6 Å². The van der Waals surface area contributed by atoms with Crippen LogP contribution in [0.15, 0.2) is 53.4 Å². The largest absolute Gasteiger partial charge is 0.354 e. The fourth-order valence-corrected chi connectivity index (χ4v) is 4.06. The summed E-state index contributed by atoms with van der Waals surface area (Å²) in [6, 6.07) is 13.7. The van der Waals surface area contributed by atoms with Crippen molar-refractivity contribution in [2.24, 2.45) is 5.92 Å². The maximum absolute atomic E-state index is 13.2. The molecule has 140 valence electrons. The van der Waals surface area contributed by atoms with E-state index in [1.54, 1.807) is 30.3 Å². The van der Waals surface area contributed by atoms with Crippen molar-refractivity contribution in [2.45, 2.75) is 32.6 Å². The van der Waals surface area contributed by atoms with Crippen LogP contribution < -0.4 is 9.62 Å². The Hall–Kier alpha value is -2.34. The van der Waals surface area contributed by atoms with Crippen LogP contribution in [0, 0.1) is 19.8 Å². The van der Waals surface area contributed by atoms with Gasteiger partial charge < -0.3 is 5.32 Å². The van der Waals surface area contributed by atoms with Crippen LogP contribution >= 0.6 is 0 Å². The first-order valence-electron chi connectivity index (χ1n) is 8.63. The predicted octanol–water partition coefficient (Wildman–Crippen LogP) is 3.27. The summed E-state index contributed by atoms with van der Waals surface area (Å²) >= 11 is 0. The summed E-state index contributed by atoms with van der Waals surface area (Å²) in [6.45, 7) is 8.04. The third kappa shape index (κ3) is 5.08. The van der Waals surface area contributed by atoms with Crippen LogP contribution in [0.3, 0.4) is 0 Å². The van der Waals surface area contributed by atoms with Crippen LogP contribution in [0.25, 0.3) is 0 Å². The molecular formula is C20H26N2O3S. The Labute approximate surface area is 156 Å². The van der Waals surface area contributed by atoms with Gasteiger partial charge in [-0.3, -0.25) is 9.10 Å². The van der Waals surface area contributed by atoms with Gasteiger partial charge in [-0.15, -0.1) is 0 Å². The number of hydrogen-bond acceptors (Lipinski definition) is 3. The third-order valence-corrected chi connectivity index (χ3v) is 5.61. The van der Waals surface area contributed by atoms with Gasteiger partial charge in [0.15, 0.2) is 0 Å². The summed E-state index contributed by atoms with van der Waals surface area (Å²) in [4.78, 5) is 12.5. The molecule has 2 aromatic rings. The molecule has 0 bridgehead atoms. The molecular weight excluding hydrogens is 348 g/mol. The van der Waals surface area contributed by atoms with Crippen LogP contribution in [-0.2, 0) is 14.8 Å². The van der Waals surface area contributed by atoms with E-state index in [9.17, 15) is 13.2 Å². The molecule has 0 aromatic heterocycles. The monoisotopic (exact) mass is 374 g/mol. The molecule has 2 aromatic carbocycles. The fourth-order valence-electron chi connectivity index (χ4n) is 2.63. The van der Waals surface area contributed by atoms with Gasteiger partial charge in [-0.25, -0.2) is 8.42 Å². The predicted molar refractivity (Wildman–Crippen MR) is 105 cm³/mol. The Morgan fingerprint density at radius 3 is 2.15 bits per heavy atom. The van der Waals surface area contributed by atoms with E-state index >= 15 is 0 Å². The van der Waals surface area contributed by atoms with Crippen LogP contribution in [0.1, 0.15) is 25.0 Å². The summed E-state index contributed by atoms with van der Waals surface area (Å²) in [6.07, 6.45) is 0. The normalized spacial score (nSPS) is 11.4. The Balaban J connectivity index is 2.43. The molecule has 2 rings (SSSR count). The average molecular weight is 375 g/mol. The molecule has 26 heavy (non-hydrogen) atoms. The second-order valence-corrected chi connectivity index (χ2v) is 8.73. The first-order chi connectivity index (χ1) is 12.2. The Morgan fingerprint density at radius 2 is 1.62 bits per heavy atom. The Kier molecular flexibility index (Phi) is 6.42. The van der Waals surface area contributed by atoms with Gasteiger partial charge >= 0.3 is 0 Å². The molecule has 1 N–H and O–H groups in total. The minimum atomic E-state index is -3.85. The molecule has 1 amide bonds. The maximum atomic E-state index is 13.2. The molecule has 0 aliphatic carbocycles. The van der Waals surface area contributed by atoms with Crippen molar-refractivity contribution in [3.63, 3.8) is 0 Å². The van der Waals surface area contributed by atoms with E-state index in [0.717, 1.165) is 11.1 Å². The summed E-state index contributed by atoms with van der Waals surface area (Å²) in [5, 5.41) is 2.79. The van der Waals surface area contributed by atoms with E-state index in [1.165, 1.54) is 16.4 Å². The number of carbonyl (C=O) groups excluding carboxylic acids is 1. The van der Waals surface area contributed by atoms with Crippen molar-refractivity contribution < 1.29 is 13.2 Å². The molecule has 5 nitrogen and oxygen atoms in total. The van der Waals surface area contributed by atoms with Crippen LogP contribution in [-0.4, -0.2) is 27.4 Å². The molecule has 0 heterocycles. The molecule has 0 fully saturated rings. The summed E-state index contributed by atoms with van der Waals surface area (Å²) in [7, 11) is -3.85. The number of rotatable bonds is 7. The minimum Gasteiger partial charge on any atom is -0.354 e. The van der Waals surface area contributed by atoms with Gasteiger partial charge in [0, 0.05) is 6.54 Å². The highest BCUT2D eigenvalue weighted by atomic mass is 32.2. The highest BCUT2D eigenvalue weighted by Gasteiger charge is 2.27. The van der Waals surface area contributed by atoms with Crippen LogP contribution in [0.4, 0.5) is 5.69 Å². The van der Waals surface area contributed by atoms with Crippen LogP contribution in [0.5, 0.6) is 0 Å². The van der Waals surface area contributed by atoms with Gasteiger partial charge in [0.1, 0.15) is 6.54 Å². The molecule has 0 saturated heterocycles. The number of nitrogens with one attached hydrogen (secondary N) is 1. The third-order valence-electron chi connectivity index (χ3n) is 3.82. The minimum absolute atomic E-state index is 0.163.